The van der Waals surface area contributed by atoms with Crippen molar-refractivity contribution >= 4 is 31.8 Å². The first-order valence-corrected chi connectivity index (χ1v) is 12.8. The lowest BCUT2D eigenvalue weighted by molar-refractivity contribution is -0.00126. The number of hydrogen-bond donors (Lipinski definition) is 1. The molecule has 2 aromatic rings. The number of aromatic nitrogens is 2. The summed E-state index contributed by atoms with van der Waals surface area (Å²) in [5.41, 5.74) is 0.938. The largest absolute Gasteiger partial charge is 0.474 e. The van der Waals surface area contributed by atoms with Gasteiger partial charge in [-0.2, -0.15) is 12.7 Å². The van der Waals surface area contributed by atoms with Gasteiger partial charge in [-0.15, -0.1) is 11.3 Å². The zero-order valence-electron chi connectivity index (χ0n) is 16.8. The van der Waals surface area contributed by atoms with E-state index in [1.165, 1.54) is 10.6 Å². The van der Waals surface area contributed by atoms with Crippen molar-refractivity contribution in [3.05, 3.63) is 16.8 Å². The van der Waals surface area contributed by atoms with Gasteiger partial charge >= 0.3 is 0 Å². The van der Waals surface area contributed by atoms with E-state index in [0.717, 1.165) is 72.6 Å². The summed E-state index contributed by atoms with van der Waals surface area (Å²) in [4.78, 5) is 13.4. The van der Waals surface area contributed by atoms with Crippen LogP contribution in [0.25, 0.3) is 10.2 Å². The lowest BCUT2D eigenvalue weighted by atomic mass is 9.91. The molecule has 164 valence electrons. The van der Waals surface area contributed by atoms with Gasteiger partial charge in [0.25, 0.3) is 10.2 Å². The normalized spacial score (nSPS) is 26.6. The summed E-state index contributed by atoms with van der Waals surface area (Å²) in [5.74, 6) is 0.573. The fraction of sp³-hybridized carbons (Fsp3) is 0.684. The molecule has 0 aromatic carbocycles. The molecule has 11 heteroatoms. The Hall–Kier alpha value is -1.37. The van der Waals surface area contributed by atoms with E-state index in [-0.39, 0.29) is 12.6 Å². The third kappa shape index (κ3) is 4.06. The number of rotatable bonds is 4. The Kier molecular flexibility index (Phi) is 5.67. The highest BCUT2D eigenvalue weighted by Gasteiger charge is 2.31. The van der Waals surface area contributed by atoms with Gasteiger partial charge in [0.2, 0.25) is 5.88 Å². The van der Waals surface area contributed by atoms with Crippen LogP contribution in [-0.2, 0) is 27.9 Å². The van der Waals surface area contributed by atoms with E-state index in [1.54, 1.807) is 11.3 Å². The Labute approximate surface area is 180 Å². The fourth-order valence-electron chi connectivity index (χ4n) is 4.79. The number of ether oxygens (including phenoxy) is 2. The minimum Gasteiger partial charge on any atom is -0.474 e. The van der Waals surface area contributed by atoms with Gasteiger partial charge in [-0.25, -0.2) is 15.1 Å². The number of fused-ring (bicyclic) bond motifs is 3. The predicted octanol–water partition coefficient (Wildman–Crippen LogP) is 1.28. The summed E-state index contributed by atoms with van der Waals surface area (Å²) in [7, 11) is -3.73. The highest BCUT2D eigenvalue weighted by Crippen LogP contribution is 2.39. The standard InChI is InChI=1S/C19H27N5O4S2/c20-30(25,26)24-6-5-16-15(11-24)17-18(21-12-22-19(17)29-16)28-14-3-1-13(2-4-14)23-7-9-27-10-8-23/h12-14H,1-11H2,(H2,20,25,26)/t13-,14-. The van der Waals surface area contributed by atoms with E-state index in [9.17, 15) is 8.42 Å². The van der Waals surface area contributed by atoms with E-state index >= 15 is 0 Å². The van der Waals surface area contributed by atoms with Gasteiger partial charge < -0.3 is 9.47 Å². The summed E-state index contributed by atoms with van der Waals surface area (Å²) in [6, 6.07) is 0.608. The lowest BCUT2D eigenvalue weighted by Gasteiger charge is -2.38. The molecule has 0 spiro atoms. The minimum atomic E-state index is -3.73. The van der Waals surface area contributed by atoms with Crippen molar-refractivity contribution in [1.82, 2.24) is 19.2 Å². The van der Waals surface area contributed by atoms with Crippen LogP contribution in [0.15, 0.2) is 6.33 Å². The fourth-order valence-corrected chi connectivity index (χ4v) is 6.58. The Morgan fingerprint density at radius 2 is 1.90 bits per heavy atom. The maximum Gasteiger partial charge on any atom is 0.277 e. The Morgan fingerprint density at radius 1 is 1.13 bits per heavy atom. The molecule has 9 nitrogen and oxygen atoms in total. The van der Waals surface area contributed by atoms with Crippen molar-refractivity contribution in [2.75, 3.05) is 32.8 Å². The van der Waals surface area contributed by atoms with Crippen molar-refractivity contribution < 1.29 is 17.9 Å². The zero-order chi connectivity index (χ0) is 20.7. The monoisotopic (exact) mass is 453 g/mol. The van der Waals surface area contributed by atoms with Crippen LogP contribution in [0.2, 0.25) is 0 Å². The second kappa shape index (κ2) is 8.29. The molecule has 0 unspecified atom stereocenters. The van der Waals surface area contributed by atoms with E-state index in [2.05, 4.69) is 14.9 Å². The van der Waals surface area contributed by atoms with Gasteiger partial charge in [0, 0.05) is 37.1 Å². The third-order valence-corrected chi connectivity index (χ3v) is 8.63. The first-order chi connectivity index (χ1) is 14.5. The van der Waals surface area contributed by atoms with Gasteiger partial charge in [0.05, 0.1) is 18.6 Å². The summed E-state index contributed by atoms with van der Waals surface area (Å²) >= 11 is 1.60. The van der Waals surface area contributed by atoms with Crippen molar-refractivity contribution in [3.63, 3.8) is 0 Å². The third-order valence-electron chi connectivity index (χ3n) is 6.40. The Bertz CT molecular complexity index is 1010. The molecule has 0 bridgehead atoms. The maximum atomic E-state index is 11.8. The molecule has 1 aliphatic carbocycles. The Balaban J connectivity index is 1.33. The van der Waals surface area contributed by atoms with E-state index in [4.69, 9.17) is 14.6 Å². The molecule has 30 heavy (non-hydrogen) atoms. The molecule has 2 aromatic heterocycles. The number of hydrogen-bond acceptors (Lipinski definition) is 8. The molecule has 0 radical (unpaired) electrons. The molecule has 3 aliphatic rings. The molecule has 2 aliphatic heterocycles. The van der Waals surface area contributed by atoms with Crippen molar-refractivity contribution in [1.29, 1.82) is 0 Å². The van der Waals surface area contributed by atoms with Gasteiger partial charge in [-0.05, 0) is 37.7 Å². The SMILES string of the molecule is NS(=O)(=O)N1CCc2sc3ncnc(O[C@H]4CC[C@H](N5CCOCC5)CC4)c3c2C1. The van der Waals surface area contributed by atoms with Crippen LogP contribution in [-0.4, -0.2) is 72.6 Å². The lowest BCUT2D eigenvalue weighted by Crippen LogP contribution is -2.46. The van der Waals surface area contributed by atoms with Crippen LogP contribution in [0.1, 0.15) is 36.1 Å². The van der Waals surface area contributed by atoms with Crippen LogP contribution in [0, 0.1) is 0 Å². The molecule has 2 N–H and O–H groups in total. The van der Waals surface area contributed by atoms with E-state index in [1.807, 2.05) is 0 Å². The first-order valence-electron chi connectivity index (χ1n) is 10.5. The highest BCUT2D eigenvalue weighted by molar-refractivity contribution is 7.86. The molecule has 1 saturated heterocycles. The number of thiophene rings is 1. The van der Waals surface area contributed by atoms with Crippen LogP contribution in [0.4, 0.5) is 0 Å². The topological polar surface area (TPSA) is 111 Å². The average Bonchev–Trinajstić information content (AvgIpc) is 3.13. The first kappa shape index (κ1) is 20.5. The molecular weight excluding hydrogens is 426 g/mol. The van der Waals surface area contributed by atoms with Crippen LogP contribution >= 0.6 is 11.3 Å². The molecular formula is C19H27N5O4S2. The molecule has 1 saturated carbocycles. The van der Waals surface area contributed by atoms with Gasteiger partial charge in [-0.1, -0.05) is 0 Å². The summed E-state index contributed by atoms with van der Waals surface area (Å²) < 4.78 is 36.8. The van der Waals surface area contributed by atoms with E-state index < -0.39 is 10.2 Å². The number of nitrogens with two attached hydrogens (primary N) is 1. The predicted molar refractivity (Wildman–Crippen MR) is 114 cm³/mol. The van der Waals surface area contributed by atoms with E-state index in [0.29, 0.717) is 24.9 Å². The van der Waals surface area contributed by atoms with Gasteiger partial charge in [0.1, 0.15) is 17.3 Å². The second-order valence-electron chi connectivity index (χ2n) is 8.19. The summed E-state index contributed by atoms with van der Waals surface area (Å²) in [6.07, 6.45) is 6.49. The maximum absolute atomic E-state index is 11.8. The summed E-state index contributed by atoms with van der Waals surface area (Å²) in [6.45, 7) is 4.34. The summed E-state index contributed by atoms with van der Waals surface area (Å²) in [5, 5.41) is 6.22. The number of morpholine rings is 1. The highest BCUT2D eigenvalue weighted by atomic mass is 32.2. The van der Waals surface area contributed by atoms with Crippen LogP contribution in [0.5, 0.6) is 5.88 Å². The van der Waals surface area contributed by atoms with Crippen LogP contribution < -0.4 is 9.88 Å². The minimum absolute atomic E-state index is 0.119. The molecule has 5 rings (SSSR count). The molecule has 0 atom stereocenters. The van der Waals surface area contributed by atoms with Crippen LogP contribution in [0.3, 0.4) is 0 Å². The zero-order valence-corrected chi connectivity index (χ0v) is 18.5. The number of nitrogens with zero attached hydrogens (tertiary/aromatic N) is 4. The smallest absolute Gasteiger partial charge is 0.277 e. The van der Waals surface area contributed by atoms with Crippen molar-refractivity contribution in [2.45, 2.75) is 50.8 Å². The molecule has 2 fully saturated rings. The van der Waals surface area contributed by atoms with Gasteiger partial charge in [0.15, 0.2) is 0 Å². The second-order valence-corrected chi connectivity index (χ2v) is 10.8. The van der Waals surface area contributed by atoms with Gasteiger partial charge in [-0.3, -0.25) is 4.90 Å². The average molecular weight is 454 g/mol. The molecule has 0 amide bonds. The quantitative estimate of drug-likeness (QED) is 0.742. The van der Waals surface area contributed by atoms with Crippen molar-refractivity contribution in [3.8, 4) is 5.88 Å². The van der Waals surface area contributed by atoms with Crippen molar-refractivity contribution in [2.24, 2.45) is 5.14 Å². The molecule has 4 heterocycles. The Morgan fingerprint density at radius 3 is 2.63 bits per heavy atom.